The molecule has 2 aromatic rings. The van der Waals surface area contributed by atoms with Gasteiger partial charge < -0.3 is 11.2 Å². The molecule has 1 aliphatic rings. The maximum absolute atomic E-state index is 11.7. The molecule has 0 fully saturated rings. The minimum Gasteiger partial charge on any atom is -0.350 e. The van der Waals surface area contributed by atoms with E-state index in [1.54, 1.807) is 0 Å². The Morgan fingerprint density at radius 3 is 3.06 bits per heavy atom. The zero-order valence-corrected chi connectivity index (χ0v) is 10.0. The number of hydrogen-bond donors (Lipinski definition) is 2. The number of carbonyl (C=O) groups excluding carboxylic acids is 1. The first-order valence-electron chi connectivity index (χ1n) is 5.04. The summed E-state index contributed by atoms with van der Waals surface area (Å²) in [5, 5.41) is 3.87. The molecule has 2 heterocycles. The summed E-state index contributed by atoms with van der Waals surface area (Å²) >= 11 is 3.41. The predicted molar refractivity (Wildman–Crippen MR) is 65.8 cm³/mol. The van der Waals surface area contributed by atoms with Gasteiger partial charge in [0.2, 0.25) is 0 Å². The van der Waals surface area contributed by atoms with Crippen LogP contribution in [0.2, 0.25) is 0 Å². The van der Waals surface area contributed by atoms with Gasteiger partial charge in [-0.05, 0) is 24.1 Å². The van der Waals surface area contributed by atoms with Crippen molar-refractivity contribution in [2.75, 3.05) is 12.4 Å². The molecule has 0 saturated carbocycles. The van der Waals surface area contributed by atoms with Crippen LogP contribution in [0.5, 0.6) is 0 Å². The van der Waals surface area contributed by atoms with Crippen LogP contribution >= 0.6 is 15.9 Å². The van der Waals surface area contributed by atoms with Crippen LogP contribution in [0, 0.1) is 0 Å². The lowest BCUT2D eigenvalue weighted by Gasteiger charge is -2.13. The van der Waals surface area contributed by atoms with Crippen LogP contribution in [0.3, 0.4) is 0 Å². The summed E-state index contributed by atoms with van der Waals surface area (Å²) in [6, 6.07) is 5.90. The Morgan fingerprint density at radius 2 is 2.25 bits per heavy atom. The van der Waals surface area contributed by atoms with Crippen LogP contribution in [0.25, 0.3) is 10.9 Å². The number of benzene rings is 1. The molecule has 3 N–H and O–H groups in total. The van der Waals surface area contributed by atoms with Gasteiger partial charge in [0, 0.05) is 16.4 Å². The summed E-state index contributed by atoms with van der Waals surface area (Å²) in [5.41, 5.74) is 2.52. The molecule has 1 aliphatic heterocycles. The second kappa shape index (κ2) is 3.25. The van der Waals surface area contributed by atoms with Gasteiger partial charge in [0.25, 0.3) is 5.91 Å². The smallest absolute Gasteiger partial charge is 0.270 e. The van der Waals surface area contributed by atoms with Crippen LogP contribution in [0.1, 0.15) is 16.1 Å². The Balaban J connectivity index is 2.43. The first-order chi connectivity index (χ1) is 7.68. The lowest BCUT2D eigenvalue weighted by Crippen LogP contribution is -2.34. The highest BCUT2D eigenvalue weighted by Crippen LogP contribution is 2.28. The van der Waals surface area contributed by atoms with E-state index in [1.807, 2.05) is 18.2 Å². The summed E-state index contributed by atoms with van der Waals surface area (Å²) in [6.07, 6.45) is 0.837. The van der Waals surface area contributed by atoms with Crippen molar-refractivity contribution in [3.63, 3.8) is 0 Å². The number of fused-ring (bicyclic) bond motifs is 3. The van der Waals surface area contributed by atoms with Gasteiger partial charge in [-0.25, -0.2) is 0 Å². The molecule has 1 aromatic heterocycles. The number of nitrogens with zero attached hydrogens (tertiary/aromatic N) is 1. The van der Waals surface area contributed by atoms with Crippen molar-refractivity contribution in [2.24, 2.45) is 0 Å². The number of halogens is 1. The molecule has 16 heavy (non-hydrogen) atoms. The van der Waals surface area contributed by atoms with Gasteiger partial charge in [0.15, 0.2) is 0 Å². The molecule has 82 valence electrons. The number of aromatic nitrogens is 1. The van der Waals surface area contributed by atoms with Gasteiger partial charge in [-0.3, -0.25) is 9.47 Å². The lowest BCUT2D eigenvalue weighted by atomic mass is 10.0. The highest BCUT2D eigenvalue weighted by molar-refractivity contribution is 9.10. The predicted octanol–water partition coefficient (Wildman–Crippen LogP) is 1.40. The number of amides is 1. The molecule has 0 unspecified atom stereocenters. The summed E-state index contributed by atoms with van der Waals surface area (Å²) in [5.74, 6) is 5.87. The average molecular weight is 280 g/mol. The molecular formula is C11H10BrN3O. The van der Waals surface area contributed by atoms with E-state index in [1.165, 1.54) is 4.68 Å². The monoisotopic (exact) mass is 279 g/mol. The Hall–Kier alpha value is -1.49. The third-order valence-electron chi connectivity index (χ3n) is 2.95. The summed E-state index contributed by atoms with van der Waals surface area (Å²) in [4.78, 5) is 11.7. The van der Waals surface area contributed by atoms with E-state index >= 15 is 0 Å². The number of nitrogens with one attached hydrogen (secondary N) is 1. The number of carbonyl (C=O) groups is 1. The highest BCUT2D eigenvalue weighted by atomic mass is 79.9. The largest absolute Gasteiger partial charge is 0.350 e. The SMILES string of the molecule is Nn1c2c(c3ccc(Br)cc31)CCNC2=O. The van der Waals surface area contributed by atoms with Crippen molar-refractivity contribution < 1.29 is 4.79 Å². The molecule has 0 spiro atoms. The molecule has 3 rings (SSSR count). The Kier molecular flexibility index (Phi) is 1.97. The fourth-order valence-electron chi connectivity index (χ4n) is 2.24. The zero-order chi connectivity index (χ0) is 11.3. The van der Waals surface area contributed by atoms with Crippen LogP contribution in [-0.2, 0) is 6.42 Å². The minimum atomic E-state index is -0.0870. The fourth-order valence-corrected chi connectivity index (χ4v) is 2.59. The molecule has 0 atom stereocenters. The van der Waals surface area contributed by atoms with Crippen molar-refractivity contribution in [2.45, 2.75) is 6.42 Å². The fraction of sp³-hybridized carbons (Fsp3) is 0.182. The summed E-state index contributed by atoms with van der Waals surface area (Å²) < 4.78 is 2.44. The van der Waals surface area contributed by atoms with Gasteiger partial charge in [0.1, 0.15) is 5.69 Å². The van der Waals surface area contributed by atoms with Gasteiger partial charge in [-0.2, -0.15) is 0 Å². The van der Waals surface area contributed by atoms with Gasteiger partial charge in [0.05, 0.1) is 5.52 Å². The molecule has 0 bridgehead atoms. The Morgan fingerprint density at radius 1 is 1.44 bits per heavy atom. The molecular weight excluding hydrogens is 270 g/mol. The third kappa shape index (κ3) is 1.18. The summed E-state index contributed by atoms with van der Waals surface area (Å²) in [7, 11) is 0. The van der Waals surface area contributed by atoms with Gasteiger partial charge >= 0.3 is 0 Å². The maximum Gasteiger partial charge on any atom is 0.270 e. The highest BCUT2D eigenvalue weighted by Gasteiger charge is 2.24. The third-order valence-corrected chi connectivity index (χ3v) is 3.44. The number of rotatable bonds is 0. The van der Waals surface area contributed by atoms with Crippen molar-refractivity contribution >= 4 is 32.7 Å². The summed E-state index contributed by atoms with van der Waals surface area (Å²) in [6.45, 7) is 0.682. The number of hydrogen-bond acceptors (Lipinski definition) is 2. The standard InChI is InChI=1S/C11H10BrN3O/c12-6-1-2-7-8-3-4-14-11(16)10(8)15(13)9(7)5-6/h1-2,5H,3-4,13H2,(H,14,16). The van der Waals surface area contributed by atoms with E-state index in [2.05, 4.69) is 21.2 Å². The van der Waals surface area contributed by atoms with Crippen molar-refractivity contribution in [1.29, 1.82) is 0 Å². The van der Waals surface area contributed by atoms with Crippen molar-refractivity contribution in [1.82, 2.24) is 9.99 Å². The molecule has 0 aliphatic carbocycles. The van der Waals surface area contributed by atoms with Gasteiger partial charge in [-0.1, -0.05) is 22.0 Å². The second-order valence-electron chi connectivity index (χ2n) is 3.86. The molecule has 4 nitrogen and oxygen atoms in total. The van der Waals surface area contributed by atoms with Gasteiger partial charge in [-0.15, -0.1) is 0 Å². The number of nitrogens with two attached hydrogens (primary N) is 1. The minimum absolute atomic E-state index is 0.0870. The number of nitrogen functional groups attached to an aromatic ring is 1. The van der Waals surface area contributed by atoms with Crippen LogP contribution < -0.4 is 11.2 Å². The molecule has 1 amide bonds. The quantitative estimate of drug-likeness (QED) is 0.717. The zero-order valence-electron chi connectivity index (χ0n) is 8.46. The topological polar surface area (TPSA) is 60.0 Å². The van der Waals surface area contributed by atoms with Crippen LogP contribution in [0.4, 0.5) is 0 Å². The van der Waals surface area contributed by atoms with Crippen molar-refractivity contribution in [3.05, 3.63) is 33.9 Å². The van der Waals surface area contributed by atoms with E-state index < -0.39 is 0 Å². The normalized spacial score (nSPS) is 14.9. The Labute approximate surface area is 101 Å². The average Bonchev–Trinajstić information content (AvgIpc) is 2.54. The van der Waals surface area contributed by atoms with E-state index in [0.29, 0.717) is 12.2 Å². The molecule has 1 aromatic carbocycles. The Bertz CT molecular complexity index is 603. The first kappa shape index (κ1) is 9.72. The van der Waals surface area contributed by atoms with Crippen LogP contribution in [-0.4, -0.2) is 17.1 Å². The second-order valence-corrected chi connectivity index (χ2v) is 4.78. The molecule has 0 radical (unpaired) electrons. The maximum atomic E-state index is 11.7. The lowest BCUT2D eigenvalue weighted by molar-refractivity contribution is 0.0939. The van der Waals surface area contributed by atoms with E-state index in [-0.39, 0.29) is 5.91 Å². The van der Waals surface area contributed by atoms with Crippen molar-refractivity contribution in [3.8, 4) is 0 Å². The van der Waals surface area contributed by atoms with E-state index in [4.69, 9.17) is 5.84 Å². The van der Waals surface area contributed by atoms with E-state index in [0.717, 1.165) is 27.4 Å². The molecule has 0 saturated heterocycles. The molecule has 5 heteroatoms. The first-order valence-corrected chi connectivity index (χ1v) is 5.84. The van der Waals surface area contributed by atoms with Crippen LogP contribution in [0.15, 0.2) is 22.7 Å². The van der Waals surface area contributed by atoms with E-state index in [9.17, 15) is 4.79 Å².